The van der Waals surface area contributed by atoms with E-state index in [-0.39, 0.29) is 0 Å². The number of hydrogen-bond donors (Lipinski definition) is 0. The van der Waals surface area contributed by atoms with Crippen LogP contribution in [-0.4, -0.2) is 50.4 Å². The number of nitrogens with zero attached hydrogens (tertiary/aromatic N) is 2. The minimum absolute atomic E-state index is 0.412. The lowest BCUT2D eigenvalue weighted by Crippen LogP contribution is -2.48. The summed E-state index contributed by atoms with van der Waals surface area (Å²) in [7, 11) is -3.42. The third-order valence-electron chi connectivity index (χ3n) is 4.71. The Labute approximate surface area is 156 Å². The van der Waals surface area contributed by atoms with Gasteiger partial charge >= 0.3 is 0 Å². The van der Waals surface area contributed by atoms with Gasteiger partial charge in [0.15, 0.2) is 0 Å². The average Bonchev–Trinajstić information content (AvgIpc) is 2.64. The minimum Gasteiger partial charge on any atom is -0.494 e. The quantitative estimate of drug-likeness (QED) is 0.780. The Bertz CT molecular complexity index is 844. The third-order valence-corrected chi connectivity index (χ3v) is 6.77. The summed E-state index contributed by atoms with van der Waals surface area (Å²) in [4.78, 5) is 2.69. The fourth-order valence-corrected chi connectivity index (χ4v) is 4.93. The van der Waals surface area contributed by atoms with Gasteiger partial charge in [0.1, 0.15) is 5.75 Å². The zero-order chi connectivity index (χ0) is 18.6. The Morgan fingerprint density at radius 2 is 1.62 bits per heavy atom. The summed E-state index contributed by atoms with van der Waals surface area (Å²) in [6, 6.07) is 15.2. The first-order chi connectivity index (χ1) is 12.5. The van der Waals surface area contributed by atoms with Crippen LogP contribution in [0.4, 0.5) is 0 Å². The lowest BCUT2D eigenvalue weighted by atomic mass is 10.2. The van der Waals surface area contributed by atoms with Crippen molar-refractivity contribution in [1.82, 2.24) is 9.21 Å². The summed E-state index contributed by atoms with van der Waals surface area (Å²) in [5.74, 6) is 0.907. The molecule has 0 aromatic heterocycles. The molecule has 0 bridgehead atoms. The van der Waals surface area contributed by atoms with E-state index in [4.69, 9.17) is 4.74 Å². The summed E-state index contributed by atoms with van der Waals surface area (Å²) in [5.41, 5.74) is 1.94. The van der Waals surface area contributed by atoms with E-state index in [1.54, 1.807) is 16.4 Å². The molecular weight excluding hydrogens is 348 g/mol. The Morgan fingerprint density at radius 1 is 0.962 bits per heavy atom. The molecule has 1 saturated heterocycles. The van der Waals surface area contributed by atoms with Crippen LogP contribution in [-0.2, 0) is 16.6 Å². The standard InChI is InChI=1S/C20H26N2O3S/c1-3-25-19-10-6-5-9-18(19)16-21-12-14-22(15-13-21)26(23,24)20-11-7-4-8-17(20)2/h4-11H,3,12-16H2,1-2H3. The van der Waals surface area contributed by atoms with Gasteiger partial charge in [-0.25, -0.2) is 8.42 Å². The number of para-hydroxylation sites is 1. The molecule has 1 heterocycles. The van der Waals surface area contributed by atoms with Crippen LogP contribution in [0, 0.1) is 6.92 Å². The molecule has 0 spiro atoms. The molecule has 6 heteroatoms. The van der Waals surface area contributed by atoms with Crippen molar-refractivity contribution < 1.29 is 13.2 Å². The Hall–Kier alpha value is -1.89. The van der Waals surface area contributed by atoms with E-state index in [9.17, 15) is 8.42 Å². The summed E-state index contributed by atoms with van der Waals surface area (Å²) in [6.45, 7) is 7.67. The van der Waals surface area contributed by atoms with Crippen molar-refractivity contribution in [3.63, 3.8) is 0 Å². The van der Waals surface area contributed by atoms with Gasteiger partial charge in [0, 0.05) is 38.3 Å². The second kappa shape index (κ2) is 8.20. The van der Waals surface area contributed by atoms with E-state index < -0.39 is 10.0 Å². The molecule has 2 aromatic carbocycles. The molecule has 140 valence electrons. The zero-order valence-corrected chi connectivity index (χ0v) is 16.2. The lowest BCUT2D eigenvalue weighted by molar-refractivity contribution is 0.179. The molecule has 0 aliphatic carbocycles. The number of piperazine rings is 1. The molecule has 0 saturated carbocycles. The van der Waals surface area contributed by atoms with Gasteiger partial charge in [-0.2, -0.15) is 4.31 Å². The van der Waals surface area contributed by atoms with Crippen LogP contribution in [0.25, 0.3) is 0 Å². The zero-order valence-electron chi connectivity index (χ0n) is 15.4. The van der Waals surface area contributed by atoms with Crippen molar-refractivity contribution in [2.45, 2.75) is 25.3 Å². The molecule has 1 fully saturated rings. The van der Waals surface area contributed by atoms with E-state index >= 15 is 0 Å². The van der Waals surface area contributed by atoms with Crippen molar-refractivity contribution in [2.24, 2.45) is 0 Å². The molecule has 0 amide bonds. The predicted molar refractivity (Wildman–Crippen MR) is 103 cm³/mol. The predicted octanol–water partition coefficient (Wildman–Crippen LogP) is 2.90. The van der Waals surface area contributed by atoms with Crippen LogP contribution in [0.15, 0.2) is 53.4 Å². The van der Waals surface area contributed by atoms with E-state index in [1.165, 1.54) is 0 Å². The topological polar surface area (TPSA) is 49.9 Å². The summed E-state index contributed by atoms with van der Waals surface area (Å²) >= 11 is 0. The molecule has 0 N–H and O–H groups in total. The Morgan fingerprint density at radius 3 is 2.31 bits per heavy atom. The minimum atomic E-state index is -3.42. The maximum atomic E-state index is 12.9. The SMILES string of the molecule is CCOc1ccccc1CN1CCN(S(=O)(=O)c2ccccc2C)CC1. The first-order valence-corrected chi connectivity index (χ1v) is 10.4. The molecule has 1 aliphatic heterocycles. The molecule has 26 heavy (non-hydrogen) atoms. The second-order valence-electron chi connectivity index (χ2n) is 6.49. The van der Waals surface area contributed by atoms with Crippen LogP contribution in [0.5, 0.6) is 5.75 Å². The highest BCUT2D eigenvalue weighted by molar-refractivity contribution is 7.89. The highest BCUT2D eigenvalue weighted by atomic mass is 32.2. The maximum Gasteiger partial charge on any atom is 0.243 e. The third kappa shape index (κ3) is 4.09. The molecule has 5 nitrogen and oxygen atoms in total. The molecule has 1 aliphatic rings. The van der Waals surface area contributed by atoms with Crippen LogP contribution in [0.1, 0.15) is 18.1 Å². The molecule has 0 atom stereocenters. The van der Waals surface area contributed by atoms with E-state index in [0.29, 0.717) is 37.7 Å². The summed E-state index contributed by atoms with van der Waals surface area (Å²) in [6.07, 6.45) is 0. The van der Waals surface area contributed by atoms with Crippen molar-refractivity contribution in [3.8, 4) is 5.75 Å². The largest absolute Gasteiger partial charge is 0.494 e. The smallest absolute Gasteiger partial charge is 0.243 e. The molecule has 3 rings (SSSR count). The maximum absolute atomic E-state index is 12.9. The van der Waals surface area contributed by atoms with Gasteiger partial charge in [0.25, 0.3) is 0 Å². The van der Waals surface area contributed by atoms with Crippen LogP contribution < -0.4 is 4.74 Å². The molecule has 0 radical (unpaired) electrons. The molecule has 2 aromatic rings. The van der Waals surface area contributed by atoms with Gasteiger partial charge in [-0.3, -0.25) is 4.90 Å². The fraction of sp³-hybridized carbons (Fsp3) is 0.400. The van der Waals surface area contributed by atoms with E-state index in [2.05, 4.69) is 11.0 Å². The van der Waals surface area contributed by atoms with Gasteiger partial charge < -0.3 is 4.74 Å². The van der Waals surface area contributed by atoms with Gasteiger partial charge in [-0.1, -0.05) is 36.4 Å². The number of benzene rings is 2. The van der Waals surface area contributed by atoms with Crippen molar-refractivity contribution in [3.05, 3.63) is 59.7 Å². The fourth-order valence-electron chi connectivity index (χ4n) is 3.28. The number of rotatable bonds is 6. The van der Waals surface area contributed by atoms with Gasteiger partial charge in [-0.15, -0.1) is 0 Å². The first-order valence-electron chi connectivity index (χ1n) is 9.01. The molecular formula is C20H26N2O3S. The molecule has 0 unspecified atom stereocenters. The highest BCUT2D eigenvalue weighted by Gasteiger charge is 2.29. The van der Waals surface area contributed by atoms with E-state index in [1.807, 2.05) is 44.2 Å². The van der Waals surface area contributed by atoms with Crippen molar-refractivity contribution in [2.75, 3.05) is 32.8 Å². The second-order valence-corrected chi connectivity index (χ2v) is 8.39. The number of aryl methyl sites for hydroxylation is 1. The van der Waals surface area contributed by atoms with Crippen molar-refractivity contribution in [1.29, 1.82) is 0 Å². The number of sulfonamides is 1. The monoisotopic (exact) mass is 374 g/mol. The average molecular weight is 375 g/mol. The Kier molecular flexibility index (Phi) is 5.96. The van der Waals surface area contributed by atoms with Gasteiger partial charge in [0.2, 0.25) is 10.0 Å². The first kappa shape index (κ1) is 18.9. The van der Waals surface area contributed by atoms with E-state index in [0.717, 1.165) is 23.4 Å². The Balaban J connectivity index is 1.66. The number of hydrogen-bond acceptors (Lipinski definition) is 4. The van der Waals surface area contributed by atoms with Crippen LogP contribution >= 0.6 is 0 Å². The van der Waals surface area contributed by atoms with Gasteiger partial charge in [-0.05, 0) is 31.5 Å². The highest BCUT2D eigenvalue weighted by Crippen LogP contribution is 2.23. The van der Waals surface area contributed by atoms with Crippen LogP contribution in [0.2, 0.25) is 0 Å². The summed E-state index contributed by atoms with van der Waals surface area (Å²) < 4.78 is 33.1. The normalized spacial score (nSPS) is 16.5. The van der Waals surface area contributed by atoms with Gasteiger partial charge in [0.05, 0.1) is 11.5 Å². The lowest BCUT2D eigenvalue weighted by Gasteiger charge is -2.34. The van der Waals surface area contributed by atoms with Crippen molar-refractivity contribution >= 4 is 10.0 Å². The van der Waals surface area contributed by atoms with Crippen LogP contribution in [0.3, 0.4) is 0 Å². The number of ether oxygens (including phenoxy) is 1. The summed E-state index contributed by atoms with van der Waals surface area (Å²) in [5, 5.41) is 0.